The Morgan fingerprint density at radius 3 is 2.84 bits per heavy atom. The Bertz CT molecular complexity index is 459. The number of anilines is 1. The second-order valence-corrected chi connectivity index (χ2v) is 5.40. The van der Waals surface area contributed by atoms with Gasteiger partial charge in [0, 0.05) is 11.6 Å². The minimum atomic E-state index is -0.0477. The summed E-state index contributed by atoms with van der Waals surface area (Å²) in [5.74, 6) is 1.25. The summed E-state index contributed by atoms with van der Waals surface area (Å²) >= 11 is 0. The van der Waals surface area contributed by atoms with Crippen LogP contribution in [0.15, 0.2) is 18.2 Å². The average molecular weight is 262 g/mol. The molecule has 0 spiro atoms. The molecule has 4 heteroatoms. The van der Waals surface area contributed by atoms with E-state index in [1.54, 1.807) is 25.3 Å². The molecule has 3 N–H and O–H groups in total. The molecule has 0 bridgehead atoms. The molecule has 0 saturated heterocycles. The van der Waals surface area contributed by atoms with Crippen LogP contribution in [0.4, 0.5) is 5.69 Å². The molecule has 2 unspecified atom stereocenters. The first-order valence-electron chi connectivity index (χ1n) is 6.84. The fourth-order valence-corrected chi connectivity index (χ4v) is 2.71. The number of rotatable bonds is 3. The molecule has 0 radical (unpaired) electrons. The van der Waals surface area contributed by atoms with Gasteiger partial charge in [0.1, 0.15) is 5.75 Å². The molecule has 1 aromatic rings. The van der Waals surface area contributed by atoms with Crippen LogP contribution in [0.25, 0.3) is 0 Å². The van der Waals surface area contributed by atoms with Gasteiger partial charge in [-0.25, -0.2) is 0 Å². The number of carbonyl (C=O) groups excluding carboxylic acids is 1. The molecule has 19 heavy (non-hydrogen) atoms. The third-order valence-electron chi connectivity index (χ3n) is 3.76. The summed E-state index contributed by atoms with van der Waals surface area (Å²) in [4.78, 5) is 12.2. The van der Waals surface area contributed by atoms with Crippen molar-refractivity contribution in [3.63, 3.8) is 0 Å². The van der Waals surface area contributed by atoms with Gasteiger partial charge in [-0.2, -0.15) is 0 Å². The van der Waals surface area contributed by atoms with E-state index >= 15 is 0 Å². The Labute approximate surface area is 114 Å². The van der Waals surface area contributed by atoms with Crippen molar-refractivity contribution >= 4 is 11.6 Å². The molecular formula is C15H22N2O2. The van der Waals surface area contributed by atoms with Gasteiger partial charge in [-0.15, -0.1) is 0 Å². The summed E-state index contributed by atoms with van der Waals surface area (Å²) in [6, 6.07) is 5.44. The zero-order valence-corrected chi connectivity index (χ0v) is 11.6. The number of benzene rings is 1. The first-order chi connectivity index (χ1) is 9.10. The minimum absolute atomic E-state index is 0.0477. The van der Waals surface area contributed by atoms with E-state index < -0.39 is 0 Å². The monoisotopic (exact) mass is 262 g/mol. The quantitative estimate of drug-likeness (QED) is 0.823. The Balaban J connectivity index is 2.01. The van der Waals surface area contributed by atoms with Crippen molar-refractivity contribution in [2.24, 2.45) is 5.92 Å². The van der Waals surface area contributed by atoms with Crippen LogP contribution in [0.1, 0.15) is 43.0 Å². The molecule has 2 rings (SSSR count). The van der Waals surface area contributed by atoms with Gasteiger partial charge in [0.15, 0.2) is 0 Å². The van der Waals surface area contributed by atoms with Crippen LogP contribution in [0, 0.1) is 5.92 Å². The number of ether oxygens (including phenoxy) is 1. The number of hydrogen-bond acceptors (Lipinski definition) is 3. The van der Waals surface area contributed by atoms with Crippen molar-refractivity contribution < 1.29 is 9.53 Å². The van der Waals surface area contributed by atoms with Gasteiger partial charge in [0.25, 0.3) is 5.91 Å². The van der Waals surface area contributed by atoms with E-state index in [1.807, 2.05) is 0 Å². The van der Waals surface area contributed by atoms with Crippen molar-refractivity contribution in [1.29, 1.82) is 0 Å². The van der Waals surface area contributed by atoms with Crippen LogP contribution in [-0.2, 0) is 0 Å². The number of carbonyl (C=O) groups is 1. The molecule has 4 nitrogen and oxygen atoms in total. The molecule has 1 saturated carbocycles. The number of hydrogen-bond donors (Lipinski definition) is 2. The third-order valence-corrected chi connectivity index (χ3v) is 3.76. The van der Waals surface area contributed by atoms with Crippen molar-refractivity contribution in [3.8, 4) is 5.75 Å². The van der Waals surface area contributed by atoms with Gasteiger partial charge < -0.3 is 15.8 Å². The lowest BCUT2D eigenvalue weighted by atomic mass is 9.87. The van der Waals surface area contributed by atoms with Crippen LogP contribution >= 0.6 is 0 Å². The Morgan fingerprint density at radius 1 is 1.42 bits per heavy atom. The van der Waals surface area contributed by atoms with Gasteiger partial charge >= 0.3 is 0 Å². The number of amides is 1. The van der Waals surface area contributed by atoms with Gasteiger partial charge in [0.05, 0.1) is 12.8 Å². The largest absolute Gasteiger partial charge is 0.495 e. The first-order valence-corrected chi connectivity index (χ1v) is 6.84. The van der Waals surface area contributed by atoms with Crippen LogP contribution in [0.2, 0.25) is 0 Å². The lowest BCUT2D eigenvalue weighted by Gasteiger charge is -2.27. The van der Waals surface area contributed by atoms with E-state index in [9.17, 15) is 4.79 Å². The fourth-order valence-electron chi connectivity index (χ4n) is 2.71. The number of nitrogens with two attached hydrogens (primary N) is 1. The molecule has 104 valence electrons. The molecule has 0 aromatic heterocycles. The lowest BCUT2D eigenvalue weighted by molar-refractivity contribution is 0.0921. The minimum Gasteiger partial charge on any atom is -0.495 e. The molecule has 0 aliphatic heterocycles. The van der Waals surface area contributed by atoms with E-state index in [-0.39, 0.29) is 5.91 Å². The normalized spacial score (nSPS) is 22.8. The van der Waals surface area contributed by atoms with Gasteiger partial charge in [-0.05, 0) is 37.0 Å². The highest BCUT2D eigenvalue weighted by Gasteiger charge is 2.21. The number of nitrogens with one attached hydrogen (secondary N) is 1. The summed E-state index contributed by atoms with van der Waals surface area (Å²) in [7, 11) is 1.56. The molecular weight excluding hydrogens is 240 g/mol. The van der Waals surface area contributed by atoms with E-state index in [4.69, 9.17) is 10.5 Å². The van der Waals surface area contributed by atoms with E-state index in [0.717, 1.165) is 12.8 Å². The van der Waals surface area contributed by atoms with Gasteiger partial charge in [0.2, 0.25) is 0 Å². The molecule has 2 atom stereocenters. The smallest absolute Gasteiger partial charge is 0.251 e. The number of nitrogen functional groups attached to an aromatic ring is 1. The highest BCUT2D eigenvalue weighted by atomic mass is 16.5. The van der Waals surface area contributed by atoms with Crippen LogP contribution < -0.4 is 15.8 Å². The van der Waals surface area contributed by atoms with Crippen molar-refractivity contribution in [1.82, 2.24) is 5.32 Å². The number of methoxy groups -OCH3 is 1. The lowest BCUT2D eigenvalue weighted by Crippen LogP contribution is -2.37. The van der Waals surface area contributed by atoms with E-state index in [2.05, 4.69) is 12.2 Å². The molecule has 1 amide bonds. The summed E-state index contributed by atoms with van der Waals surface area (Å²) in [5, 5.41) is 3.09. The zero-order chi connectivity index (χ0) is 13.8. The molecule has 1 aliphatic rings. The summed E-state index contributed by atoms with van der Waals surface area (Å²) in [6.45, 7) is 2.24. The Hall–Kier alpha value is -1.71. The topological polar surface area (TPSA) is 64.3 Å². The highest BCUT2D eigenvalue weighted by molar-refractivity contribution is 5.95. The van der Waals surface area contributed by atoms with E-state index in [0.29, 0.717) is 29.0 Å². The van der Waals surface area contributed by atoms with Crippen molar-refractivity contribution in [3.05, 3.63) is 23.8 Å². The summed E-state index contributed by atoms with van der Waals surface area (Å²) < 4.78 is 5.09. The fraction of sp³-hybridized carbons (Fsp3) is 0.533. The zero-order valence-electron chi connectivity index (χ0n) is 11.6. The Morgan fingerprint density at radius 2 is 2.21 bits per heavy atom. The second kappa shape index (κ2) is 5.95. The maximum Gasteiger partial charge on any atom is 0.251 e. The predicted molar refractivity (Wildman–Crippen MR) is 76.3 cm³/mol. The molecule has 1 fully saturated rings. The summed E-state index contributed by atoms with van der Waals surface area (Å²) in [5.41, 5.74) is 6.91. The van der Waals surface area contributed by atoms with Crippen LogP contribution in [0.3, 0.4) is 0 Å². The van der Waals surface area contributed by atoms with Gasteiger partial charge in [-0.1, -0.05) is 19.8 Å². The maximum atomic E-state index is 12.2. The van der Waals surface area contributed by atoms with Crippen molar-refractivity contribution in [2.75, 3.05) is 12.8 Å². The molecule has 0 heterocycles. The third kappa shape index (κ3) is 3.40. The standard InChI is InChI=1S/C15H22N2O2/c1-10-4-3-5-12(8-10)17-15(18)11-6-7-14(19-2)13(16)9-11/h6-7,9-10,12H,3-5,8,16H2,1-2H3,(H,17,18). The van der Waals surface area contributed by atoms with Crippen LogP contribution in [-0.4, -0.2) is 19.1 Å². The first kappa shape index (κ1) is 13.7. The molecule has 1 aromatic carbocycles. The maximum absolute atomic E-state index is 12.2. The van der Waals surface area contributed by atoms with Crippen LogP contribution in [0.5, 0.6) is 5.75 Å². The second-order valence-electron chi connectivity index (χ2n) is 5.40. The summed E-state index contributed by atoms with van der Waals surface area (Å²) in [6.07, 6.45) is 4.60. The molecule has 1 aliphatic carbocycles. The highest BCUT2D eigenvalue weighted by Crippen LogP contribution is 2.25. The predicted octanol–water partition coefficient (Wildman–Crippen LogP) is 2.59. The average Bonchev–Trinajstić information content (AvgIpc) is 2.38. The SMILES string of the molecule is COc1ccc(C(=O)NC2CCCC(C)C2)cc1N. The van der Waals surface area contributed by atoms with Gasteiger partial charge in [-0.3, -0.25) is 4.79 Å². The van der Waals surface area contributed by atoms with E-state index in [1.165, 1.54) is 12.8 Å². The Kier molecular flexibility index (Phi) is 4.30. The van der Waals surface area contributed by atoms with Crippen molar-refractivity contribution in [2.45, 2.75) is 38.6 Å².